The van der Waals surface area contributed by atoms with Gasteiger partial charge in [-0.15, -0.1) is 0 Å². The van der Waals surface area contributed by atoms with Gasteiger partial charge in [0.2, 0.25) is 15.9 Å². The minimum Gasteiger partial charge on any atom is -0.462 e. The van der Waals surface area contributed by atoms with Gasteiger partial charge >= 0.3 is 5.97 Å². The Hall–Kier alpha value is -2.12. The van der Waals surface area contributed by atoms with Crippen molar-refractivity contribution in [1.29, 1.82) is 0 Å². The van der Waals surface area contributed by atoms with E-state index in [2.05, 4.69) is 14.6 Å². The van der Waals surface area contributed by atoms with Gasteiger partial charge in [-0.25, -0.2) is 13.1 Å². The van der Waals surface area contributed by atoms with Crippen LogP contribution in [0, 0.1) is 5.41 Å². The van der Waals surface area contributed by atoms with Crippen molar-refractivity contribution in [3.8, 4) is 0 Å². The molecule has 12 heteroatoms. The molecular formula is C24H38N4O7S. The number of cyclic esters (lactones) is 1. The van der Waals surface area contributed by atoms with Crippen LogP contribution in [0.3, 0.4) is 0 Å². The quantitative estimate of drug-likeness (QED) is 0.446. The van der Waals surface area contributed by atoms with Gasteiger partial charge in [-0.1, -0.05) is 12.5 Å². The fourth-order valence-corrected chi connectivity index (χ4v) is 5.14. The summed E-state index contributed by atoms with van der Waals surface area (Å²) < 4.78 is 30.5. The maximum absolute atomic E-state index is 13.2. The normalized spacial score (nSPS) is 24.9. The highest BCUT2D eigenvalue weighted by atomic mass is 32.2. The molecule has 1 spiro atoms. The zero-order chi connectivity index (χ0) is 26.2. The van der Waals surface area contributed by atoms with E-state index < -0.39 is 33.6 Å². The summed E-state index contributed by atoms with van der Waals surface area (Å²) in [5.41, 5.74) is 0.282. The molecule has 0 saturated carbocycles. The maximum Gasteiger partial charge on any atom is 0.312 e. The molecular weight excluding hydrogens is 488 g/mol. The zero-order valence-electron chi connectivity index (χ0n) is 20.8. The van der Waals surface area contributed by atoms with Crippen molar-refractivity contribution < 1.29 is 33.0 Å². The number of hydrogen-bond donors (Lipinski definition) is 3. The van der Waals surface area contributed by atoms with Crippen molar-refractivity contribution in [2.45, 2.75) is 57.3 Å². The molecule has 1 amide bonds. The minimum absolute atomic E-state index is 0.0803. The lowest BCUT2D eigenvalue weighted by Crippen LogP contribution is -2.46. The van der Waals surface area contributed by atoms with Crippen LogP contribution < -0.4 is 4.72 Å². The van der Waals surface area contributed by atoms with Gasteiger partial charge in [0.1, 0.15) is 12.7 Å². The number of aliphatic hydroxyl groups excluding tert-OH is 2. The number of carbonyl (C=O) groups excluding carboxylic acids is 2. The number of ether oxygens (including phenoxy) is 1. The summed E-state index contributed by atoms with van der Waals surface area (Å²) in [5.74, 6) is -0.752. The van der Waals surface area contributed by atoms with Crippen molar-refractivity contribution in [3.63, 3.8) is 0 Å². The monoisotopic (exact) mass is 526 g/mol. The van der Waals surface area contributed by atoms with E-state index in [1.165, 1.54) is 4.90 Å². The summed E-state index contributed by atoms with van der Waals surface area (Å²) in [6.45, 7) is 1.96. The molecule has 202 valence electrons. The lowest BCUT2D eigenvalue weighted by Gasteiger charge is -2.40. The van der Waals surface area contributed by atoms with Crippen molar-refractivity contribution in [1.82, 2.24) is 19.5 Å². The molecule has 3 N–H and O–H groups in total. The summed E-state index contributed by atoms with van der Waals surface area (Å²) in [7, 11) is -3.52. The Morgan fingerprint density at radius 3 is 2.56 bits per heavy atom. The van der Waals surface area contributed by atoms with Gasteiger partial charge < -0.3 is 19.8 Å². The van der Waals surface area contributed by atoms with Gasteiger partial charge in [0, 0.05) is 25.8 Å². The molecule has 2 atom stereocenters. The molecule has 2 saturated heterocycles. The summed E-state index contributed by atoms with van der Waals surface area (Å²) in [6, 6.07) is 5.80. The van der Waals surface area contributed by atoms with Gasteiger partial charge in [-0.05, 0) is 57.3 Å². The number of amides is 1. The zero-order valence-corrected chi connectivity index (χ0v) is 21.7. The lowest BCUT2D eigenvalue weighted by atomic mass is 9.74. The number of hydrogen-bond acceptors (Lipinski definition) is 9. The Balaban J connectivity index is 1.65. The minimum atomic E-state index is -3.52. The van der Waals surface area contributed by atoms with Crippen LogP contribution in [0.15, 0.2) is 24.4 Å². The smallest absolute Gasteiger partial charge is 0.312 e. The number of rotatable bonds is 5. The Bertz CT molecular complexity index is 968. The first-order valence-corrected chi connectivity index (χ1v) is 14.4. The summed E-state index contributed by atoms with van der Waals surface area (Å²) in [5, 5.41) is 20.7. The second-order valence-electron chi connectivity index (χ2n) is 9.83. The van der Waals surface area contributed by atoms with E-state index in [-0.39, 0.29) is 32.1 Å². The predicted octanol–water partition coefficient (Wildman–Crippen LogP) is -0.119. The van der Waals surface area contributed by atoms with Gasteiger partial charge in [-0.2, -0.15) is 0 Å². The van der Waals surface area contributed by atoms with Gasteiger partial charge in [0.05, 0.1) is 30.0 Å². The molecule has 0 aromatic carbocycles. The summed E-state index contributed by atoms with van der Waals surface area (Å²) in [6.07, 6.45) is 3.48. The number of aliphatic hydroxyl groups is 2. The largest absolute Gasteiger partial charge is 0.462 e. The molecule has 36 heavy (non-hydrogen) atoms. The van der Waals surface area contributed by atoms with Crippen LogP contribution in [0.1, 0.15) is 44.2 Å². The molecule has 3 heterocycles. The summed E-state index contributed by atoms with van der Waals surface area (Å²) >= 11 is 0. The third-order valence-corrected chi connectivity index (χ3v) is 7.72. The molecule has 2 aliphatic heterocycles. The van der Waals surface area contributed by atoms with E-state index in [0.29, 0.717) is 58.3 Å². The number of aromatic nitrogens is 1. The molecule has 0 bridgehead atoms. The molecule has 1 aromatic rings. The lowest BCUT2D eigenvalue weighted by molar-refractivity contribution is -0.165. The first-order valence-electron chi connectivity index (χ1n) is 12.5. The highest BCUT2D eigenvalue weighted by Gasteiger charge is 2.42. The highest BCUT2D eigenvalue weighted by molar-refractivity contribution is 7.88. The molecule has 2 fully saturated rings. The average Bonchev–Trinajstić information content (AvgIpc) is 2.86. The first-order chi connectivity index (χ1) is 17.1. The predicted molar refractivity (Wildman–Crippen MR) is 132 cm³/mol. The number of piperidine rings is 1. The number of pyridine rings is 1. The second kappa shape index (κ2) is 12.9. The topological polar surface area (TPSA) is 149 Å². The van der Waals surface area contributed by atoms with E-state index in [1.807, 2.05) is 18.2 Å². The molecule has 0 unspecified atom stereocenters. The van der Waals surface area contributed by atoms with Gasteiger partial charge in [0.15, 0.2) is 0 Å². The van der Waals surface area contributed by atoms with Crippen LogP contribution in [0.5, 0.6) is 0 Å². The maximum atomic E-state index is 13.2. The molecule has 3 rings (SSSR count). The number of nitrogens with zero attached hydrogens (tertiary/aromatic N) is 3. The fourth-order valence-electron chi connectivity index (χ4n) is 4.75. The van der Waals surface area contributed by atoms with Crippen LogP contribution in [-0.4, -0.2) is 103 Å². The Morgan fingerprint density at radius 2 is 1.89 bits per heavy atom. The second-order valence-corrected chi connectivity index (χ2v) is 11.7. The van der Waals surface area contributed by atoms with Crippen LogP contribution in [0.25, 0.3) is 0 Å². The number of nitrogens with one attached hydrogen (secondary N) is 1. The first kappa shape index (κ1) is 28.5. The van der Waals surface area contributed by atoms with Crippen molar-refractivity contribution in [2.75, 3.05) is 45.6 Å². The van der Waals surface area contributed by atoms with Crippen LogP contribution in [-0.2, 0) is 30.9 Å². The van der Waals surface area contributed by atoms with E-state index in [0.717, 1.165) is 11.9 Å². The van der Waals surface area contributed by atoms with Crippen molar-refractivity contribution in [3.05, 3.63) is 30.1 Å². The van der Waals surface area contributed by atoms with E-state index in [9.17, 15) is 28.2 Å². The molecule has 2 aliphatic rings. The average molecular weight is 527 g/mol. The third kappa shape index (κ3) is 8.48. The van der Waals surface area contributed by atoms with Crippen LogP contribution in [0.2, 0.25) is 0 Å². The van der Waals surface area contributed by atoms with Crippen LogP contribution >= 0.6 is 0 Å². The highest BCUT2D eigenvalue weighted by Crippen LogP contribution is 2.38. The van der Waals surface area contributed by atoms with Crippen LogP contribution in [0.4, 0.5) is 0 Å². The Labute approximate surface area is 212 Å². The summed E-state index contributed by atoms with van der Waals surface area (Å²) in [4.78, 5) is 33.9. The molecule has 11 nitrogen and oxygen atoms in total. The molecule has 0 radical (unpaired) electrons. The number of sulfonamides is 1. The third-order valence-electron chi connectivity index (χ3n) is 7.05. The molecule has 0 aliphatic carbocycles. The van der Waals surface area contributed by atoms with E-state index in [1.54, 1.807) is 6.20 Å². The number of carbonyl (C=O) groups is 2. The standard InChI is InChI=1S/C24H38N4O7S/c1-36(33,34)26-16-22(31)28-12-5-3-8-24(23(32)35-18-21(30)20(29)7-13-28)9-14-27(15-10-24)17-19-6-2-4-11-25-19/h2,4,6,11,20-21,26,29-30H,3,5,7-10,12-18H2,1H3/t20-,21+/m0/s1. The van der Waals surface area contributed by atoms with Crippen molar-refractivity contribution in [2.24, 2.45) is 5.41 Å². The fraction of sp³-hybridized carbons (Fsp3) is 0.708. The number of esters is 1. The SMILES string of the molecule is CS(=O)(=O)NCC(=O)N1CCCCC2(CCN(Cc3ccccn3)CC2)C(=O)OC[C@@H](O)[C@@H](O)CC1. The number of likely N-dealkylation sites (tertiary alicyclic amines) is 1. The van der Waals surface area contributed by atoms with E-state index >= 15 is 0 Å². The Morgan fingerprint density at radius 1 is 1.14 bits per heavy atom. The van der Waals surface area contributed by atoms with Crippen molar-refractivity contribution >= 4 is 21.9 Å². The van der Waals surface area contributed by atoms with Gasteiger partial charge in [-0.3, -0.25) is 19.5 Å². The molecule has 1 aromatic heterocycles. The van der Waals surface area contributed by atoms with E-state index in [4.69, 9.17) is 4.74 Å². The Kier molecular flexibility index (Phi) is 10.2. The van der Waals surface area contributed by atoms with Gasteiger partial charge in [0.25, 0.3) is 0 Å².